The van der Waals surface area contributed by atoms with Crippen molar-refractivity contribution in [2.24, 2.45) is 0 Å². The molecule has 0 radical (unpaired) electrons. The molecule has 0 amide bonds. The van der Waals surface area contributed by atoms with Crippen molar-refractivity contribution in [3.63, 3.8) is 0 Å². The maximum Gasteiger partial charge on any atom is 0.351 e. The zero-order chi connectivity index (χ0) is 11.7. The van der Waals surface area contributed by atoms with Crippen molar-refractivity contribution in [2.75, 3.05) is 12.3 Å². The van der Waals surface area contributed by atoms with E-state index in [9.17, 15) is 9.18 Å². The van der Waals surface area contributed by atoms with Gasteiger partial charge in [-0.15, -0.1) is 0 Å². The fraction of sp³-hybridized carbons (Fsp3) is 0.556. The normalized spacial score (nSPS) is 29.5. The molecule has 2 rings (SSSR count). The van der Waals surface area contributed by atoms with Crippen molar-refractivity contribution in [3.05, 3.63) is 22.7 Å². The minimum Gasteiger partial charge on any atom is -0.394 e. The zero-order valence-corrected chi connectivity index (χ0v) is 8.41. The second-order valence-corrected chi connectivity index (χ2v) is 3.63. The van der Waals surface area contributed by atoms with Gasteiger partial charge >= 0.3 is 5.69 Å². The first-order valence-corrected chi connectivity index (χ1v) is 4.87. The average Bonchev–Trinajstić information content (AvgIpc) is 2.60. The molecule has 0 aromatic carbocycles. The molecule has 1 aliphatic rings. The summed E-state index contributed by atoms with van der Waals surface area (Å²) in [6, 6.07) is 1.39. The van der Waals surface area contributed by atoms with Gasteiger partial charge in [0.25, 0.3) is 0 Å². The molecule has 1 aromatic heterocycles. The predicted octanol–water partition coefficient (Wildman–Crippen LogP) is -0.557. The molecule has 0 spiro atoms. The Kier molecular flexibility index (Phi) is 2.88. The van der Waals surface area contributed by atoms with Crippen LogP contribution in [0.4, 0.5) is 10.2 Å². The van der Waals surface area contributed by atoms with E-state index < -0.39 is 24.2 Å². The summed E-state index contributed by atoms with van der Waals surface area (Å²) in [5, 5.41) is 8.85. The summed E-state index contributed by atoms with van der Waals surface area (Å²) in [5.41, 5.74) is 4.65. The van der Waals surface area contributed by atoms with Gasteiger partial charge in [0, 0.05) is 12.6 Å². The van der Waals surface area contributed by atoms with E-state index in [0.717, 1.165) is 4.57 Å². The average molecular weight is 229 g/mol. The minimum absolute atomic E-state index is 0.0674. The lowest BCUT2D eigenvalue weighted by Crippen LogP contribution is -2.30. The van der Waals surface area contributed by atoms with Crippen LogP contribution in [0, 0.1) is 0 Å². The second kappa shape index (κ2) is 4.18. The minimum atomic E-state index is -1.33. The van der Waals surface area contributed by atoms with Gasteiger partial charge in [-0.1, -0.05) is 0 Å². The summed E-state index contributed by atoms with van der Waals surface area (Å²) in [6.07, 6.45) is -1.54. The number of nitrogens with zero attached hydrogens (tertiary/aromatic N) is 2. The Balaban J connectivity index is 2.28. The number of hydrogen-bond acceptors (Lipinski definition) is 5. The van der Waals surface area contributed by atoms with E-state index in [1.165, 1.54) is 12.3 Å². The van der Waals surface area contributed by atoms with E-state index in [1.807, 2.05) is 0 Å². The maximum absolute atomic E-state index is 13.5. The monoisotopic (exact) mass is 229 g/mol. The summed E-state index contributed by atoms with van der Waals surface area (Å²) in [6.45, 7) is -0.270. The molecular formula is C9H12FN3O3. The molecule has 0 aliphatic carbocycles. The summed E-state index contributed by atoms with van der Waals surface area (Å²) in [5.74, 6) is 0.0772. The molecule has 6 nitrogen and oxygen atoms in total. The van der Waals surface area contributed by atoms with Gasteiger partial charge in [-0.3, -0.25) is 4.57 Å². The van der Waals surface area contributed by atoms with Crippen molar-refractivity contribution in [3.8, 4) is 0 Å². The van der Waals surface area contributed by atoms with E-state index in [1.54, 1.807) is 0 Å². The van der Waals surface area contributed by atoms with Crippen LogP contribution in [0.3, 0.4) is 0 Å². The van der Waals surface area contributed by atoms with Crippen LogP contribution < -0.4 is 11.4 Å². The standard InChI is InChI=1S/C9H12FN3O3/c10-6-3-5(4-14)16-8(6)13-2-1-7(11)12-9(13)15/h1-2,5-6,8,14H,3-4H2,(H2,11,12,15)/t5-,6+,8-/m0/s1. The highest BCUT2D eigenvalue weighted by Crippen LogP contribution is 2.29. The number of nitrogen functional groups attached to an aromatic ring is 1. The first-order valence-electron chi connectivity index (χ1n) is 4.87. The number of alkyl halides is 1. The van der Waals surface area contributed by atoms with Gasteiger partial charge in [-0.05, 0) is 6.07 Å². The Bertz CT molecular complexity index is 436. The van der Waals surface area contributed by atoms with Gasteiger partial charge in [0.05, 0.1) is 12.7 Å². The van der Waals surface area contributed by atoms with Crippen LogP contribution >= 0.6 is 0 Å². The summed E-state index contributed by atoms with van der Waals surface area (Å²) in [4.78, 5) is 14.9. The Morgan fingerprint density at radius 2 is 2.50 bits per heavy atom. The number of hydrogen-bond donors (Lipinski definition) is 2. The summed E-state index contributed by atoms with van der Waals surface area (Å²) < 4.78 is 19.8. The predicted molar refractivity (Wildman–Crippen MR) is 53.4 cm³/mol. The number of anilines is 1. The van der Waals surface area contributed by atoms with Crippen molar-refractivity contribution in [1.82, 2.24) is 9.55 Å². The number of rotatable bonds is 2. The third-order valence-corrected chi connectivity index (χ3v) is 2.46. The molecule has 88 valence electrons. The van der Waals surface area contributed by atoms with Gasteiger partial charge in [0.2, 0.25) is 0 Å². The van der Waals surface area contributed by atoms with E-state index in [0.29, 0.717) is 0 Å². The molecule has 1 fully saturated rings. The lowest BCUT2D eigenvalue weighted by molar-refractivity contribution is -0.0393. The van der Waals surface area contributed by atoms with Gasteiger partial charge in [-0.25, -0.2) is 9.18 Å². The number of aromatic nitrogens is 2. The largest absolute Gasteiger partial charge is 0.394 e. The highest BCUT2D eigenvalue weighted by atomic mass is 19.1. The van der Waals surface area contributed by atoms with E-state index in [2.05, 4.69) is 4.98 Å². The van der Waals surface area contributed by atoms with Crippen molar-refractivity contribution in [1.29, 1.82) is 0 Å². The third-order valence-electron chi connectivity index (χ3n) is 2.46. The topological polar surface area (TPSA) is 90.4 Å². The van der Waals surface area contributed by atoms with Crippen LogP contribution in [0.15, 0.2) is 17.1 Å². The molecule has 3 atom stereocenters. The van der Waals surface area contributed by atoms with Crippen LogP contribution in [0.2, 0.25) is 0 Å². The first-order chi connectivity index (χ1) is 7.61. The smallest absolute Gasteiger partial charge is 0.351 e. The molecular weight excluding hydrogens is 217 g/mol. The molecule has 1 saturated heterocycles. The molecule has 0 bridgehead atoms. The van der Waals surface area contributed by atoms with Gasteiger partial charge in [0.15, 0.2) is 6.23 Å². The zero-order valence-electron chi connectivity index (χ0n) is 8.41. The maximum atomic E-state index is 13.5. The molecule has 2 heterocycles. The molecule has 1 aliphatic heterocycles. The lowest BCUT2D eigenvalue weighted by atomic mass is 10.2. The number of aliphatic hydroxyl groups is 1. The molecule has 16 heavy (non-hydrogen) atoms. The number of nitrogens with two attached hydrogens (primary N) is 1. The van der Waals surface area contributed by atoms with Crippen LogP contribution in [0.5, 0.6) is 0 Å². The summed E-state index contributed by atoms with van der Waals surface area (Å²) >= 11 is 0. The van der Waals surface area contributed by atoms with Crippen molar-refractivity contribution >= 4 is 5.82 Å². The first kappa shape index (κ1) is 11.0. The van der Waals surface area contributed by atoms with Crippen LogP contribution in [-0.4, -0.2) is 33.5 Å². The Morgan fingerprint density at radius 1 is 1.75 bits per heavy atom. The fourth-order valence-electron chi connectivity index (χ4n) is 1.68. The number of ether oxygens (including phenoxy) is 1. The highest BCUT2D eigenvalue weighted by molar-refractivity contribution is 5.23. The highest BCUT2D eigenvalue weighted by Gasteiger charge is 2.36. The molecule has 0 saturated carbocycles. The quantitative estimate of drug-likeness (QED) is 0.709. The van der Waals surface area contributed by atoms with Gasteiger partial charge < -0.3 is 15.6 Å². The third kappa shape index (κ3) is 1.91. The Morgan fingerprint density at radius 3 is 3.06 bits per heavy atom. The van der Waals surface area contributed by atoms with Gasteiger partial charge in [0.1, 0.15) is 12.0 Å². The second-order valence-electron chi connectivity index (χ2n) is 3.63. The summed E-state index contributed by atoms with van der Waals surface area (Å²) in [7, 11) is 0. The molecule has 1 aromatic rings. The number of aliphatic hydroxyl groups excluding tert-OH is 1. The Labute approximate surface area is 90.5 Å². The molecule has 0 unspecified atom stereocenters. The van der Waals surface area contributed by atoms with E-state index in [-0.39, 0.29) is 18.8 Å². The SMILES string of the molecule is Nc1ccn([C@H]2O[C@H](CO)C[C@H]2F)c(=O)n1. The van der Waals surface area contributed by atoms with E-state index in [4.69, 9.17) is 15.6 Å². The Hall–Kier alpha value is -1.47. The molecule has 7 heteroatoms. The van der Waals surface area contributed by atoms with Crippen LogP contribution in [-0.2, 0) is 4.74 Å². The van der Waals surface area contributed by atoms with Crippen LogP contribution in [0.1, 0.15) is 12.6 Å². The van der Waals surface area contributed by atoms with Gasteiger partial charge in [-0.2, -0.15) is 4.98 Å². The number of halogens is 1. The van der Waals surface area contributed by atoms with E-state index >= 15 is 0 Å². The van der Waals surface area contributed by atoms with Crippen molar-refractivity contribution in [2.45, 2.75) is 24.9 Å². The van der Waals surface area contributed by atoms with Crippen molar-refractivity contribution < 1.29 is 14.2 Å². The fourth-order valence-corrected chi connectivity index (χ4v) is 1.68. The molecule has 3 N–H and O–H groups in total. The van der Waals surface area contributed by atoms with Crippen LogP contribution in [0.25, 0.3) is 0 Å². The lowest BCUT2D eigenvalue weighted by Gasteiger charge is -2.15.